The van der Waals surface area contributed by atoms with Gasteiger partial charge in [-0.3, -0.25) is 14.9 Å². The molecule has 0 aliphatic rings. The van der Waals surface area contributed by atoms with Crippen molar-refractivity contribution in [1.82, 2.24) is 0 Å². The molecule has 0 saturated carbocycles. The molecular weight excluding hydrogens is 242 g/mol. The predicted octanol–water partition coefficient (Wildman–Crippen LogP) is 3.33. The van der Waals surface area contributed by atoms with Gasteiger partial charge < -0.3 is 0 Å². The molecule has 4 heteroatoms. The van der Waals surface area contributed by atoms with Crippen molar-refractivity contribution in [3.63, 3.8) is 0 Å². The first-order valence-electron chi connectivity index (χ1n) is 5.90. The molecule has 0 saturated heterocycles. The van der Waals surface area contributed by atoms with Crippen molar-refractivity contribution in [3.05, 3.63) is 75.3 Å². The van der Waals surface area contributed by atoms with Gasteiger partial charge in [0, 0.05) is 12.5 Å². The molecule has 0 amide bonds. The molecule has 0 fully saturated rings. The zero-order chi connectivity index (χ0) is 13.8. The highest BCUT2D eigenvalue weighted by Crippen LogP contribution is 2.20. The number of aryl methyl sites for hydroxylation is 1. The molecule has 4 nitrogen and oxygen atoms in total. The molecule has 0 aliphatic carbocycles. The third-order valence-corrected chi connectivity index (χ3v) is 3.01. The maximum Gasteiger partial charge on any atom is 0.280 e. The highest BCUT2D eigenvalue weighted by Gasteiger charge is 2.19. The highest BCUT2D eigenvalue weighted by atomic mass is 16.6. The summed E-state index contributed by atoms with van der Waals surface area (Å²) in [6, 6.07) is 13.6. The van der Waals surface area contributed by atoms with Crippen LogP contribution in [0.25, 0.3) is 0 Å². The van der Waals surface area contributed by atoms with Crippen LogP contribution in [0.4, 0.5) is 5.69 Å². The van der Waals surface area contributed by atoms with Crippen LogP contribution in [0.3, 0.4) is 0 Å². The number of hydrogen-bond acceptors (Lipinski definition) is 3. The van der Waals surface area contributed by atoms with Crippen LogP contribution in [0.15, 0.2) is 48.5 Å². The quantitative estimate of drug-likeness (QED) is 0.478. The lowest BCUT2D eigenvalue weighted by atomic mass is 9.98. The molecule has 0 aromatic heterocycles. The van der Waals surface area contributed by atoms with E-state index >= 15 is 0 Å². The van der Waals surface area contributed by atoms with Crippen molar-refractivity contribution < 1.29 is 9.72 Å². The second-order valence-corrected chi connectivity index (χ2v) is 4.30. The fourth-order valence-corrected chi connectivity index (χ4v) is 1.95. The maximum atomic E-state index is 12.2. The minimum Gasteiger partial charge on any atom is -0.294 e. The summed E-state index contributed by atoms with van der Waals surface area (Å²) < 4.78 is 0. The minimum atomic E-state index is -0.523. The van der Waals surface area contributed by atoms with E-state index in [1.165, 1.54) is 12.1 Å². The average Bonchev–Trinajstić information content (AvgIpc) is 2.41. The van der Waals surface area contributed by atoms with Crippen molar-refractivity contribution in [2.75, 3.05) is 0 Å². The summed E-state index contributed by atoms with van der Waals surface area (Å²) in [7, 11) is 0. The van der Waals surface area contributed by atoms with E-state index in [-0.39, 0.29) is 23.5 Å². The molecule has 0 unspecified atom stereocenters. The number of nitrogens with zero attached hydrogens (tertiary/aromatic N) is 1. The van der Waals surface area contributed by atoms with Crippen molar-refractivity contribution in [1.29, 1.82) is 0 Å². The number of Topliss-reactive ketones (excluding diaryl/α,β-unsaturated/α-hetero) is 1. The van der Waals surface area contributed by atoms with Crippen LogP contribution in [0, 0.1) is 17.0 Å². The third-order valence-electron chi connectivity index (χ3n) is 3.01. The first kappa shape index (κ1) is 13.0. The Hall–Kier alpha value is -2.49. The Morgan fingerprint density at radius 3 is 2.42 bits per heavy atom. The normalized spacial score (nSPS) is 10.2. The smallest absolute Gasteiger partial charge is 0.280 e. The summed E-state index contributed by atoms with van der Waals surface area (Å²) in [6.07, 6.45) is 0.178. The van der Waals surface area contributed by atoms with Gasteiger partial charge in [-0.05, 0) is 24.1 Å². The first-order chi connectivity index (χ1) is 9.09. The molecule has 0 heterocycles. The van der Waals surface area contributed by atoms with Gasteiger partial charge in [0.1, 0.15) is 0 Å². The fourth-order valence-electron chi connectivity index (χ4n) is 1.95. The molecule has 0 bridgehead atoms. The number of ketones is 1. The lowest BCUT2D eigenvalue weighted by Crippen LogP contribution is -2.07. The molecule has 96 valence electrons. The zero-order valence-electron chi connectivity index (χ0n) is 10.5. The maximum absolute atomic E-state index is 12.2. The topological polar surface area (TPSA) is 60.2 Å². The molecule has 2 rings (SSSR count). The monoisotopic (exact) mass is 255 g/mol. The number of carbonyl (C=O) groups excluding carboxylic acids is 1. The Morgan fingerprint density at radius 2 is 1.74 bits per heavy atom. The predicted molar refractivity (Wildman–Crippen MR) is 72.3 cm³/mol. The van der Waals surface area contributed by atoms with E-state index < -0.39 is 4.92 Å². The van der Waals surface area contributed by atoms with E-state index in [2.05, 4.69) is 0 Å². The summed E-state index contributed by atoms with van der Waals surface area (Å²) in [6.45, 7) is 1.92. The van der Waals surface area contributed by atoms with E-state index in [0.29, 0.717) is 0 Å². The van der Waals surface area contributed by atoms with Gasteiger partial charge in [0.15, 0.2) is 5.78 Å². The summed E-state index contributed by atoms with van der Waals surface area (Å²) in [4.78, 5) is 22.6. The number of nitro benzene ring substituents is 1. The summed E-state index contributed by atoms with van der Waals surface area (Å²) >= 11 is 0. The molecule has 2 aromatic carbocycles. The second kappa shape index (κ2) is 5.44. The number of carbonyl (C=O) groups is 1. The summed E-state index contributed by atoms with van der Waals surface area (Å²) in [5, 5.41) is 10.9. The van der Waals surface area contributed by atoms with Crippen LogP contribution in [0.5, 0.6) is 0 Å². The largest absolute Gasteiger partial charge is 0.294 e. The molecule has 0 aliphatic heterocycles. The third kappa shape index (κ3) is 2.85. The van der Waals surface area contributed by atoms with Crippen LogP contribution in [0.1, 0.15) is 21.5 Å². The van der Waals surface area contributed by atoms with E-state index in [9.17, 15) is 14.9 Å². The molecular formula is C15H13NO3. The second-order valence-electron chi connectivity index (χ2n) is 4.30. The van der Waals surface area contributed by atoms with Gasteiger partial charge in [-0.1, -0.05) is 36.4 Å². The number of benzene rings is 2. The molecule has 19 heavy (non-hydrogen) atoms. The van der Waals surface area contributed by atoms with E-state index in [1.807, 2.05) is 31.2 Å². The lowest BCUT2D eigenvalue weighted by Gasteiger charge is -2.05. The van der Waals surface area contributed by atoms with E-state index in [0.717, 1.165) is 11.1 Å². The molecule has 0 atom stereocenters. The number of nitro groups is 1. The van der Waals surface area contributed by atoms with Crippen molar-refractivity contribution in [3.8, 4) is 0 Å². The molecule has 0 N–H and O–H groups in total. The average molecular weight is 255 g/mol. The van der Waals surface area contributed by atoms with E-state index in [1.54, 1.807) is 12.1 Å². The minimum absolute atomic E-state index is 0.138. The van der Waals surface area contributed by atoms with Crippen LogP contribution < -0.4 is 0 Å². The Morgan fingerprint density at radius 1 is 1.11 bits per heavy atom. The number of hydrogen-bond donors (Lipinski definition) is 0. The van der Waals surface area contributed by atoms with Gasteiger partial charge in [-0.15, -0.1) is 0 Å². The number of para-hydroxylation sites is 1. The van der Waals surface area contributed by atoms with Gasteiger partial charge >= 0.3 is 0 Å². The van der Waals surface area contributed by atoms with Crippen LogP contribution in [0.2, 0.25) is 0 Å². The van der Waals surface area contributed by atoms with Crippen molar-refractivity contribution in [2.24, 2.45) is 0 Å². The molecule has 2 aromatic rings. The Balaban J connectivity index is 2.31. The van der Waals surface area contributed by atoms with Gasteiger partial charge in [0.25, 0.3) is 5.69 Å². The first-order valence-corrected chi connectivity index (χ1v) is 5.90. The van der Waals surface area contributed by atoms with Crippen LogP contribution in [-0.4, -0.2) is 10.7 Å². The Bertz CT molecular complexity index is 635. The standard InChI is InChI=1S/C15H13NO3/c1-11-6-2-3-7-12(11)10-15(17)13-8-4-5-9-14(13)16(18)19/h2-9H,10H2,1H3. The fraction of sp³-hybridized carbons (Fsp3) is 0.133. The molecule has 0 spiro atoms. The van der Waals surface area contributed by atoms with Crippen molar-refractivity contribution in [2.45, 2.75) is 13.3 Å². The van der Waals surface area contributed by atoms with Gasteiger partial charge in [-0.25, -0.2) is 0 Å². The van der Waals surface area contributed by atoms with Gasteiger partial charge in [0.05, 0.1) is 10.5 Å². The van der Waals surface area contributed by atoms with Gasteiger partial charge in [-0.2, -0.15) is 0 Å². The zero-order valence-corrected chi connectivity index (χ0v) is 10.5. The Labute approximate surface area is 110 Å². The summed E-state index contributed by atoms with van der Waals surface area (Å²) in [5.41, 5.74) is 1.93. The highest BCUT2D eigenvalue weighted by molar-refractivity contribution is 6.01. The van der Waals surface area contributed by atoms with E-state index in [4.69, 9.17) is 0 Å². The van der Waals surface area contributed by atoms with Crippen LogP contribution >= 0.6 is 0 Å². The van der Waals surface area contributed by atoms with Gasteiger partial charge in [0.2, 0.25) is 0 Å². The lowest BCUT2D eigenvalue weighted by molar-refractivity contribution is -0.385. The molecule has 0 radical (unpaired) electrons. The summed E-state index contributed by atoms with van der Waals surface area (Å²) in [5.74, 6) is -0.235. The Kier molecular flexibility index (Phi) is 3.71. The SMILES string of the molecule is Cc1ccccc1CC(=O)c1ccccc1[N+](=O)[O-]. The number of rotatable bonds is 4. The van der Waals surface area contributed by atoms with Crippen molar-refractivity contribution >= 4 is 11.5 Å². The van der Waals surface area contributed by atoms with Crippen LogP contribution in [-0.2, 0) is 6.42 Å².